The number of benzene rings is 1. The predicted octanol–water partition coefficient (Wildman–Crippen LogP) is 5.89. The second kappa shape index (κ2) is 5.25. The van der Waals surface area contributed by atoms with Crippen molar-refractivity contribution in [3.8, 4) is 16.2 Å². The Morgan fingerprint density at radius 2 is 1.40 bits per heavy atom. The van der Waals surface area contributed by atoms with Gasteiger partial charge < -0.3 is 4.74 Å². The second-order valence-corrected chi connectivity index (χ2v) is 8.24. The van der Waals surface area contributed by atoms with E-state index in [1.807, 2.05) is 11.3 Å². The van der Waals surface area contributed by atoms with Gasteiger partial charge in [0, 0.05) is 9.75 Å². The monoisotopic (exact) mass is 288 g/mol. The smallest absolute Gasteiger partial charge is 0.120 e. The van der Waals surface area contributed by atoms with E-state index in [0.29, 0.717) is 0 Å². The van der Waals surface area contributed by atoms with E-state index >= 15 is 0 Å². The molecule has 0 aliphatic rings. The molecule has 1 aromatic carbocycles. The minimum Gasteiger partial charge on any atom is -0.488 e. The molecular weight excluding hydrogens is 264 g/mol. The lowest BCUT2D eigenvalue weighted by Gasteiger charge is -2.21. The minimum atomic E-state index is -0.149. The van der Waals surface area contributed by atoms with E-state index in [-0.39, 0.29) is 11.0 Å². The van der Waals surface area contributed by atoms with Crippen LogP contribution >= 0.6 is 11.3 Å². The van der Waals surface area contributed by atoms with Crippen LogP contribution in [-0.4, -0.2) is 5.60 Å². The highest BCUT2D eigenvalue weighted by Gasteiger charge is 2.16. The maximum atomic E-state index is 5.86. The number of ether oxygens (including phenoxy) is 1. The molecule has 0 atom stereocenters. The van der Waals surface area contributed by atoms with Crippen molar-refractivity contribution in [3.63, 3.8) is 0 Å². The molecule has 0 fully saturated rings. The van der Waals surface area contributed by atoms with E-state index in [4.69, 9.17) is 4.74 Å². The third-order valence-corrected chi connectivity index (χ3v) is 4.47. The summed E-state index contributed by atoms with van der Waals surface area (Å²) in [4.78, 5) is 2.74. The molecule has 2 rings (SSSR count). The first kappa shape index (κ1) is 15.1. The van der Waals surface area contributed by atoms with E-state index in [1.165, 1.54) is 15.3 Å². The normalized spacial score (nSPS) is 12.5. The SMILES string of the molecule is CC(C)(C)Oc1ccc(-c2ccc(C(C)(C)C)s2)cc1. The Kier molecular flexibility index (Phi) is 3.97. The molecule has 0 aliphatic heterocycles. The van der Waals surface area contributed by atoms with Crippen molar-refractivity contribution in [2.24, 2.45) is 0 Å². The summed E-state index contributed by atoms with van der Waals surface area (Å²) in [5.74, 6) is 0.925. The molecule has 2 aromatic rings. The van der Waals surface area contributed by atoms with Crippen LogP contribution in [0.15, 0.2) is 36.4 Å². The first-order valence-corrected chi connectivity index (χ1v) is 7.87. The zero-order chi connectivity index (χ0) is 15.0. The van der Waals surface area contributed by atoms with Crippen LogP contribution in [0.1, 0.15) is 46.4 Å². The summed E-state index contributed by atoms with van der Waals surface area (Å²) in [5.41, 5.74) is 1.33. The summed E-state index contributed by atoms with van der Waals surface area (Å²) in [6.07, 6.45) is 0. The molecule has 1 heterocycles. The lowest BCUT2D eigenvalue weighted by Crippen LogP contribution is -2.22. The fourth-order valence-electron chi connectivity index (χ4n) is 1.94. The quantitative estimate of drug-likeness (QED) is 0.669. The van der Waals surface area contributed by atoms with E-state index in [9.17, 15) is 0 Å². The molecule has 20 heavy (non-hydrogen) atoms. The van der Waals surface area contributed by atoms with Crippen LogP contribution in [0, 0.1) is 0 Å². The van der Waals surface area contributed by atoms with Crippen molar-refractivity contribution in [2.45, 2.75) is 52.6 Å². The van der Waals surface area contributed by atoms with Crippen LogP contribution in [-0.2, 0) is 5.41 Å². The lowest BCUT2D eigenvalue weighted by atomic mass is 9.95. The van der Waals surface area contributed by atoms with Crippen LogP contribution in [0.5, 0.6) is 5.75 Å². The molecule has 0 N–H and O–H groups in total. The molecule has 0 saturated carbocycles. The fraction of sp³-hybridized carbons (Fsp3) is 0.444. The van der Waals surface area contributed by atoms with Crippen molar-refractivity contribution >= 4 is 11.3 Å². The summed E-state index contributed by atoms with van der Waals surface area (Å²) in [6, 6.07) is 12.8. The van der Waals surface area contributed by atoms with Gasteiger partial charge in [-0.15, -0.1) is 11.3 Å². The van der Waals surface area contributed by atoms with Crippen molar-refractivity contribution in [1.82, 2.24) is 0 Å². The average molecular weight is 288 g/mol. The zero-order valence-electron chi connectivity index (χ0n) is 13.3. The van der Waals surface area contributed by atoms with E-state index < -0.39 is 0 Å². The Bertz CT molecular complexity index is 565. The van der Waals surface area contributed by atoms with Gasteiger partial charge in [0.15, 0.2) is 0 Å². The van der Waals surface area contributed by atoms with Gasteiger partial charge in [-0.05, 0) is 68.1 Å². The Labute approximate surface area is 126 Å². The van der Waals surface area contributed by atoms with Gasteiger partial charge >= 0.3 is 0 Å². The van der Waals surface area contributed by atoms with Gasteiger partial charge in [-0.1, -0.05) is 20.8 Å². The Morgan fingerprint density at radius 1 is 0.800 bits per heavy atom. The topological polar surface area (TPSA) is 9.23 Å². The standard InChI is InChI=1S/C18H24OS/c1-17(2,3)16-12-11-15(20-16)13-7-9-14(10-8-13)19-18(4,5)6/h7-12H,1-6H3. The van der Waals surface area contributed by atoms with E-state index in [0.717, 1.165) is 5.75 Å². The highest BCUT2D eigenvalue weighted by Crippen LogP contribution is 2.35. The maximum absolute atomic E-state index is 5.86. The van der Waals surface area contributed by atoms with Gasteiger partial charge in [0.05, 0.1) is 0 Å². The molecule has 0 amide bonds. The third kappa shape index (κ3) is 3.86. The van der Waals surface area contributed by atoms with Gasteiger partial charge in [0.1, 0.15) is 11.4 Å². The van der Waals surface area contributed by atoms with Crippen LogP contribution in [0.3, 0.4) is 0 Å². The number of thiophene rings is 1. The third-order valence-electron chi connectivity index (χ3n) is 2.91. The van der Waals surface area contributed by atoms with Crippen LogP contribution in [0.2, 0.25) is 0 Å². The maximum Gasteiger partial charge on any atom is 0.120 e. The average Bonchev–Trinajstić information content (AvgIpc) is 2.76. The molecule has 0 unspecified atom stereocenters. The van der Waals surface area contributed by atoms with E-state index in [1.54, 1.807) is 0 Å². The minimum absolute atomic E-state index is 0.149. The fourth-order valence-corrected chi connectivity index (χ4v) is 3.01. The molecular formula is C18H24OS. The first-order valence-electron chi connectivity index (χ1n) is 7.05. The van der Waals surface area contributed by atoms with Crippen molar-refractivity contribution in [1.29, 1.82) is 0 Å². The lowest BCUT2D eigenvalue weighted by molar-refractivity contribution is 0.131. The Morgan fingerprint density at radius 3 is 1.85 bits per heavy atom. The number of rotatable bonds is 2. The largest absolute Gasteiger partial charge is 0.488 e. The van der Waals surface area contributed by atoms with Gasteiger partial charge in [-0.3, -0.25) is 0 Å². The van der Waals surface area contributed by atoms with Crippen molar-refractivity contribution in [3.05, 3.63) is 41.3 Å². The van der Waals surface area contributed by atoms with Gasteiger partial charge in [0.25, 0.3) is 0 Å². The number of hydrogen-bond donors (Lipinski definition) is 0. The van der Waals surface area contributed by atoms with Crippen molar-refractivity contribution < 1.29 is 4.74 Å². The molecule has 1 aromatic heterocycles. The van der Waals surface area contributed by atoms with Gasteiger partial charge in [-0.2, -0.15) is 0 Å². The van der Waals surface area contributed by atoms with Crippen LogP contribution in [0.4, 0.5) is 0 Å². The zero-order valence-corrected chi connectivity index (χ0v) is 14.1. The van der Waals surface area contributed by atoms with Crippen LogP contribution in [0.25, 0.3) is 10.4 Å². The molecule has 0 saturated heterocycles. The van der Waals surface area contributed by atoms with E-state index in [2.05, 4.69) is 77.9 Å². The molecule has 0 bridgehead atoms. The summed E-state index contributed by atoms with van der Waals surface area (Å²) >= 11 is 1.87. The summed E-state index contributed by atoms with van der Waals surface area (Å²) in [7, 11) is 0. The predicted molar refractivity (Wildman–Crippen MR) is 88.8 cm³/mol. The summed E-state index contributed by atoms with van der Waals surface area (Å²) in [6.45, 7) is 13.0. The van der Waals surface area contributed by atoms with Gasteiger partial charge in [0.2, 0.25) is 0 Å². The molecule has 0 aliphatic carbocycles. The first-order chi connectivity index (χ1) is 9.15. The number of hydrogen-bond acceptors (Lipinski definition) is 2. The van der Waals surface area contributed by atoms with Crippen molar-refractivity contribution in [2.75, 3.05) is 0 Å². The van der Waals surface area contributed by atoms with Crippen LogP contribution < -0.4 is 4.74 Å². The molecule has 0 spiro atoms. The summed E-state index contributed by atoms with van der Waals surface area (Å²) < 4.78 is 5.86. The molecule has 108 valence electrons. The highest BCUT2D eigenvalue weighted by atomic mass is 32.1. The van der Waals surface area contributed by atoms with Gasteiger partial charge in [-0.25, -0.2) is 0 Å². The second-order valence-electron chi connectivity index (χ2n) is 7.15. The molecule has 0 radical (unpaired) electrons. The Hall–Kier alpha value is -1.28. The molecule has 2 heteroatoms. The highest BCUT2D eigenvalue weighted by molar-refractivity contribution is 7.15. The summed E-state index contributed by atoms with van der Waals surface area (Å²) in [5, 5.41) is 0. The molecule has 1 nitrogen and oxygen atoms in total. The Balaban J connectivity index is 2.20.